The van der Waals surface area contributed by atoms with E-state index in [0.29, 0.717) is 6.54 Å². The van der Waals surface area contributed by atoms with Crippen LogP contribution in [0.5, 0.6) is 0 Å². The number of hydrogen-bond acceptors (Lipinski definition) is 1. The number of aromatic nitrogens is 1. The summed E-state index contributed by atoms with van der Waals surface area (Å²) < 4.78 is 1.80. The molecule has 0 radical (unpaired) electrons. The molecule has 1 heterocycles. The summed E-state index contributed by atoms with van der Waals surface area (Å²) in [7, 11) is 0. The summed E-state index contributed by atoms with van der Waals surface area (Å²) in [5.74, 6) is 0. The first-order valence-electron chi connectivity index (χ1n) is 9.98. The van der Waals surface area contributed by atoms with Crippen molar-refractivity contribution >= 4 is 0 Å². The number of hydrogen-bond donors (Lipinski definition) is 0. The summed E-state index contributed by atoms with van der Waals surface area (Å²) in [6.07, 6.45) is 2.78. The van der Waals surface area contributed by atoms with E-state index < -0.39 is 0 Å². The van der Waals surface area contributed by atoms with Gasteiger partial charge in [-0.1, -0.05) is 90.0 Å². The van der Waals surface area contributed by atoms with Gasteiger partial charge in [0.1, 0.15) is 0 Å². The lowest BCUT2D eigenvalue weighted by Gasteiger charge is -2.13. The SMILES string of the molecule is Cc1cc(C)cc(-c2ccccc2Cc2ccc(=O)n(Cc3ccccc3)c2)c1. The minimum Gasteiger partial charge on any atom is -0.311 e. The standard InChI is InChI=1S/C27H25NO/c1-20-14-21(2)16-25(15-20)26-11-7-6-10-24(26)17-23-12-13-27(29)28(19-23)18-22-8-4-3-5-9-22/h3-16,19H,17-18H2,1-2H3. The summed E-state index contributed by atoms with van der Waals surface area (Å²) in [5, 5.41) is 0. The van der Waals surface area contributed by atoms with Crippen molar-refractivity contribution in [2.75, 3.05) is 0 Å². The fourth-order valence-corrected chi connectivity index (χ4v) is 3.90. The predicted octanol–water partition coefficient (Wildman–Crippen LogP) is 5.77. The molecule has 0 atom stereocenters. The second-order valence-electron chi connectivity index (χ2n) is 7.70. The average molecular weight is 380 g/mol. The van der Waals surface area contributed by atoms with E-state index in [4.69, 9.17) is 0 Å². The molecular weight excluding hydrogens is 354 g/mol. The van der Waals surface area contributed by atoms with Gasteiger partial charge in [0, 0.05) is 12.3 Å². The number of benzene rings is 3. The molecule has 2 heteroatoms. The summed E-state index contributed by atoms with van der Waals surface area (Å²) in [4.78, 5) is 12.4. The third kappa shape index (κ3) is 4.55. The van der Waals surface area contributed by atoms with Crippen molar-refractivity contribution < 1.29 is 0 Å². The first-order chi connectivity index (χ1) is 14.1. The predicted molar refractivity (Wildman–Crippen MR) is 120 cm³/mol. The van der Waals surface area contributed by atoms with E-state index in [-0.39, 0.29) is 5.56 Å². The second-order valence-corrected chi connectivity index (χ2v) is 7.70. The van der Waals surface area contributed by atoms with Gasteiger partial charge in [-0.15, -0.1) is 0 Å². The Morgan fingerprint density at radius 1 is 0.724 bits per heavy atom. The summed E-state index contributed by atoms with van der Waals surface area (Å²) in [6.45, 7) is 4.86. The van der Waals surface area contributed by atoms with E-state index in [1.807, 2.05) is 30.5 Å². The maximum atomic E-state index is 12.4. The summed E-state index contributed by atoms with van der Waals surface area (Å²) >= 11 is 0. The van der Waals surface area contributed by atoms with Crippen LogP contribution >= 0.6 is 0 Å². The molecule has 0 aliphatic heterocycles. The smallest absolute Gasteiger partial charge is 0.250 e. The zero-order valence-corrected chi connectivity index (χ0v) is 16.9. The molecule has 0 unspecified atom stereocenters. The molecule has 0 fully saturated rings. The Morgan fingerprint density at radius 3 is 2.17 bits per heavy atom. The van der Waals surface area contributed by atoms with E-state index in [0.717, 1.165) is 17.5 Å². The average Bonchev–Trinajstić information content (AvgIpc) is 2.71. The summed E-state index contributed by atoms with van der Waals surface area (Å²) in [5.41, 5.74) is 8.59. The van der Waals surface area contributed by atoms with Crippen LogP contribution in [-0.4, -0.2) is 4.57 Å². The lowest BCUT2D eigenvalue weighted by molar-refractivity contribution is 0.751. The van der Waals surface area contributed by atoms with E-state index >= 15 is 0 Å². The molecule has 4 aromatic rings. The Bertz CT molecular complexity index is 1170. The first kappa shape index (κ1) is 18.9. The first-order valence-corrected chi connectivity index (χ1v) is 9.98. The normalized spacial score (nSPS) is 10.8. The van der Waals surface area contributed by atoms with Crippen molar-refractivity contribution in [2.24, 2.45) is 0 Å². The molecular formula is C27H25NO. The number of aryl methyl sites for hydroxylation is 2. The number of rotatable bonds is 5. The van der Waals surface area contributed by atoms with Crippen molar-refractivity contribution in [3.63, 3.8) is 0 Å². The van der Waals surface area contributed by atoms with Gasteiger partial charge in [-0.2, -0.15) is 0 Å². The minimum absolute atomic E-state index is 0.0280. The molecule has 0 aliphatic rings. The van der Waals surface area contributed by atoms with Gasteiger partial charge in [0.25, 0.3) is 5.56 Å². The maximum absolute atomic E-state index is 12.4. The Hall–Kier alpha value is -3.39. The van der Waals surface area contributed by atoms with Crippen LogP contribution < -0.4 is 5.56 Å². The van der Waals surface area contributed by atoms with Crippen LogP contribution in [0.3, 0.4) is 0 Å². The molecule has 0 saturated carbocycles. The monoisotopic (exact) mass is 379 g/mol. The van der Waals surface area contributed by atoms with E-state index in [1.54, 1.807) is 10.6 Å². The third-order valence-corrected chi connectivity index (χ3v) is 5.19. The Labute approximate surface area is 172 Å². The Morgan fingerprint density at radius 2 is 1.41 bits per heavy atom. The lowest BCUT2D eigenvalue weighted by atomic mass is 9.93. The van der Waals surface area contributed by atoms with Crippen molar-refractivity contribution in [1.29, 1.82) is 0 Å². The maximum Gasteiger partial charge on any atom is 0.250 e. The fourth-order valence-electron chi connectivity index (χ4n) is 3.90. The van der Waals surface area contributed by atoms with Gasteiger partial charge in [0.05, 0.1) is 6.54 Å². The minimum atomic E-state index is 0.0280. The van der Waals surface area contributed by atoms with Crippen molar-refractivity contribution in [3.8, 4) is 11.1 Å². The van der Waals surface area contributed by atoms with Gasteiger partial charge in [-0.25, -0.2) is 0 Å². The molecule has 0 aliphatic carbocycles. The molecule has 0 N–H and O–H groups in total. The Kier molecular flexibility index (Phi) is 5.44. The molecule has 1 aromatic heterocycles. The molecule has 29 heavy (non-hydrogen) atoms. The van der Waals surface area contributed by atoms with Gasteiger partial charge in [0.2, 0.25) is 0 Å². The second kappa shape index (κ2) is 8.32. The zero-order chi connectivity index (χ0) is 20.2. The van der Waals surface area contributed by atoms with Gasteiger partial charge in [-0.3, -0.25) is 4.79 Å². The van der Waals surface area contributed by atoms with Crippen molar-refractivity contribution in [1.82, 2.24) is 4.57 Å². The van der Waals surface area contributed by atoms with Crippen molar-refractivity contribution in [2.45, 2.75) is 26.8 Å². The van der Waals surface area contributed by atoms with Crippen molar-refractivity contribution in [3.05, 3.63) is 129 Å². The molecule has 0 amide bonds. The number of pyridine rings is 1. The highest BCUT2D eigenvalue weighted by Gasteiger charge is 2.08. The van der Waals surface area contributed by atoms with Gasteiger partial charge >= 0.3 is 0 Å². The molecule has 0 saturated heterocycles. The van der Waals surface area contributed by atoms with Crippen LogP contribution in [0.1, 0.15) is 27.8 Å². The highest BCUT2D eigenvalue weighted by Crippen LogP contribution is 2.27. The molecule has 144 valence electrons. The topological polar surface area (TPSA) is 22.0 Å². The lowest BCUT2D eigenvalue weighted by Crippen LogP contribution is -2.19. The largest absolute Gasteiger partial charge is 0.311 e. The van der Waals surface area contributed by atoms with Crippen LogP contribution in [0.25, 0.3) is 11.1 Å². The van der Waals surface area contributed by atoms with Gasteiger partial charge in [0.15, 0.2) is 0 Å². The van der Waals surface area contributed by atoms with Gasteiger partial charge < -0.3 is 4.57 Å². The molecule has 3 aromatic carbocycles. The van der Waals surface area contributed by atoms with E-state index in [1.165, 1.54) is 27.8 Å². The fraction of sp³-hybridized carbons (Fsp3) is 0.148. The highest BCUT2D eigenvalue weighted by molar-refractivity contribution is 5.69. The van der Waals surface area contributed by atoms with Gasteiger partial charge in [-0.05, 0) is 48.1 Å². The van der Waals surface area contributed by atoms with Crippen LogP contribution in [0.4, 0.5) is 0 Å². The Balaban J connectivity index is 1.67. The van der Waals surface area contributed by atoms with Crippen LogP contribution in [0.2, 0.25) is 0 Å². The molecule has 4 rings (SSSR count). The quantitative estimate of drug-likeness (QED) is 0.431. The van der Waals surface area contributed by atoms with Crippen LogP contribution in [-0.2, 0) is 13.0 Å². The number of nitrogens with zero attached hydrogens (tertiary/aromatic N) is 1. The van der Waals surface area contributed by atoms with E-state index in [2.05, 4.69) is 68.4 Å². The molecule has 0 spiro atoms. The third-order valence-electron chi connectivity index (χ3n) is 5.19. The highest BCUT2D eigenvalue weighted by atomic mass is 16.1. The summed E-state index contributed by atoms with van der Waals surface area (Å²) in [6, 6.07) is 28.9. The molecule has 0 bridgehead atoms. The van der Waals surface area contributed by atoms with Crippen LogP contribution in [0.15, 0.2) is 95.9 Å². The van der Waals surface area contributed by atoms with Crippen LogP contribution in [0, 0.1) is 13.8 Å². The van der Waals surface area contributed by atoms with E-state index in [9.17, 15) is 4.79 Å². The molecule has 2 nitrogen and oxygen atoms in total. The zero-order valence-electron chi connectivity index (χ0n) is 16.9.